The molecule has 0 heterocycles. The molecule has 2 nitrogen and oxygen atoms in total. The molecule has 2 heteroatoms. The second-order valence-electron chi connectivity index (χ2n) is 2.49. The van der Waals surface area contributed by atoms with Gasteiger partial charge in [0.15, 0.2) is 0 Å². The molecular formula is C9H14N2. The summed E-state index contributed by atoms with van der Waals surface area (Å²) in [6, 6.07) is 10.5. The zero-order valence-corrected chi connectivity index (χ0v) is 6.75. The molecule has 1 rings (SSSR count). The van der Waals surface area contributed by atoms with Crippen LogP contribution >= 0.6 is 0 Å². The van der Waals surface area contributed by atoms with E-state index in [0.717, 1.165) is 0 Å². The Bertz CT molecular complexity index is 192. The molecule has 1 aromatic rings. The Morgan fingerprint density at radius 3 is 2.45 bits per heavy atom. The van der Waals surface area contributed by atoms with Gasteiger partial charge in [-0.1, -0.05) is 30.3 Å². The maximum Gasteiger partial charge on any atom is 0.0442 e. The third-order valence-electron chi connectivity index (χ3n) is 1.79. The zero-order chi connectivity index (χ0) is 8.10. The summed E-state index contributed by atoms with van der Waals surface area (Å²) in [6.07, 6.45) is 0. The molecule has 0 aliphatic carbocycles. The highest BCUT2D eigenvalue weighted by Crippen LogP contribution is 2.08. The lowest BCUT2D eigenvalue weighted by Gasteiger charge is -2.13. The van der Waals surface area contributed by atoms with Crippen LogP contribution in [0.1, 0.15) is 11.6 Å². The maximum atomic E-state index is 5.55. The van der Waals surface area contributed by atoms with E-state index in [4.69, 9.17) is 5.73 Å². The third-order valence-corrected chi connectivity index (χ3v) is 1.79. The summed E-state index contributed by atoms with van der Waals surface area (Å²) in [5.74, 6) is 0. The van der Waals surface area contributed by atoms with Crippen LogP contribution in [-0.2, 0) is 0 Å². The Balaban J connectivity index is 2.74. The summed E-state index contributed by atoms with van der Waals surface area (Å²) in [5.41, 5.74) is 6.80. The van der Waals surface area contributed by atoms with E-state index in [1.165, 1.54) is 5.56 Å². The van der Waals surface area contributed by atoms with Gasteiger partial charge in [-0.2, -0.15) is 0 Å². The van der Waals surface area contributed by atoms with E-state index in [2.05, 4.69) is 17.4 Å². The van der Waals surface area contributed by atoms with Crippen molar-refractivity contribution in [2.24, 2.45) is 5.73 Å². The number of benzene rings is 1. The lowest BCUT2D eigenvalue weighted by atomic mass is 10.1. The lowest BCUT2D eigenvalue weighted by molar-refractivity contribution is 0.606. The van der Waals surface area contributed by atoms with Crippen molar-refractivity contribution in [3.8, 4) is 0 Å². The Hall–Kier alpha value is -0.860. The summed E-state index contributed by atoms with van der Waals surface area (Å²) < 4.78 is 0. The molecule has 0 radical (unpaired) electrons. The van der Waals surface area contributed by atoms with Crippen LogP contribution in [0.15, 0.2) is 30.3 Å². The largest absolute Gasteiger partial charge is 0.329 e. The molecule has 60 valence electrons. The Kier molecular flexibility index (Phi) is 3.08. The zero-order valence-electron chi connectivity index (χ0n) is 6.75. The van der Waals surface area contributed by atoms with Crippen molar-refractivity contribution in [2.45, 2.75) is 6.04 Å². The van der Waals surface area contributed by atoms with E-state index in [1.54, 1.807) is 0 Å². The van der Waals surface area contributed by atoms with Crippen LogP contribution in [0.25, 0.3) is 0 Å². The molecule has 1 atom stereocenters. The molecule has 0 amide bonds. The van der Waals surface area contributed by atoms with Crippen molar-refractivity contribution in [3.63, 3.8) is 0 Å². The minimum absolute atomic E-state index is 0.288. The first-order chi connectivity index (χ1) is 5.38. The molecule has 3 N–H and O–H groups in total. The smallest absolute Gasteiger partial charge is 0.0442 e. The average Bonchev–Trinajstić information content (AvgIpc) is 2.09. The van der Waals surface area contributed by atoms with E-state index < -0.39 is 0 Å². The van der Waals surface area contributed by atoms with Crippen LogP contribution in [0, 0.1) is 0 Å². The molecule has 11 heavy (non-hydrogen) atoms. The normalized spacial score (nSPS) is 12.9. The number of rotatable bonds is 3. The first kappa shape index (κ1) is 8.24. The van der Waals surface area contributed by atoms with E-state index in [1.807, 2.05) is 25.2 Å². The molecule has 0 saturated heterocycles. The Labute approximate surface area is 67.4 Å². The van der Waals surface area contributed by atoms with Gasteiger partial charge in [-0.15, -0.1) is 0 Å². The number of likely N-dealkylation sites (N-methyl/N-ethyl adjacent to an activating group) is 1. The Morgan fingerprint density at radius 1 is 1.36 bits per heavy atom. The first-order valence-electron chi connectivity index (χ1n) is 3.80. The number of nitrogens with one attached hydrogen (secondary N) is 1. The molecule has 0 unspecified atom stereocenters. The molecule has 0 saturated carbocycles. The monoisotopic (exact) mass is 150 g/mol. The van der Waals surface area contributed by atoms with Gasteiger partial charge in [0, 0.05) is 12.6 Å². The highest BCUT2D eigenvalue weighted by molar-refractivity contribution is 5.18. The first-order valence-corrected chi connectivity index (χ1v) is 3.80. The fraction of sp³-hybridized carbons (Fsp3) is 0.333. The summed E-state index contributed by atoms with van der Waals surface area (Å²) in [7, 11) is 1.92. The van der Waals surface area contributed by atoms with Crippen LogP contribution in [0.5, 0.6) is 0 Å². The van der Waals surface area contributed by atoms with E-state index in [0.29, 0.717) is 6.54 Å². The fourth-order valence-corrected chi connectivity index (χ4v) is 1.11. The van der Waals surface area contributed by atoms with Crippen LogP contribution < -0.4 is 11.1 Å². The SMILES string of the molecule is CN[C@@H](CN)c1ccccc1. The standard InChI is InChI=1S/C9H14N2/c1-11-9(7-10)8-5-3-2-4-6-8/h2-6,9,11H,7,10H2,1H3/t9-/m0/s1. The summed E-state index contributed by atoms with van der Waals surface area (Å²) in [4.78, 5) is 0. The maximum absolute atomic E-state index is 5.55. The van der Waals surface area contributed by atoms with Gasteiger partial charge >= 0.3 is 0 Å². The van der Waals surface area contributed by atoms with Gasteiger partial charge in [0.1, 0.15) is 0 Å². The van der Waals surface area contributed by atoms with Crippen LogP contribution in [-0.4, -0.2) is 13.6 Å². The molecule has 1 aromatic carbocycles. The molecule has 0 aliphatic heterocycles. The predicted octanol–water partition coefficient (Wildman–Crippen LogP) is 0.906. The van der Waals surface area contributed by atoms with Crippen molar-refractivity contribution in [1.29, 1.82) is 0 Å². The summed E-state index contributed by atoms with van der Waals surface area (Å²) in [6.45, 7) is 0.639. The van der Waals surface area contributed by atoms with Gasteiger partial charge in [0.2, 0.25) is 0 Å². The minimum Gasteiger partial charge on any atom is -0.329 e. The van der Waals surface area contributed by atoms with Crippen molar-refractivity contribution < 1.29 is 0 Å². The van der Waals surface area contributed by atoms with Crippen molar-refractivity contribution in [3.05, 3.63) is 35.9 Å². The molecule has 0 fully saturated rings. The molecule has 0 bridgehead atoms. The molecule has 0 aliphatic rings. The van der Waals surface area contributed by atoms with Gasteiger partial charge in [-0.25, -0.2) is 0 Å². The molecular weight excluding hydrogens is 136 g/mol. The average molecular weight is 150 g/mol. The predicted molar refractivity (Wildman–Crippen MR) is 47.3 cm³/mol. The number of nitrogens with two attached hydrogens (primary N) is 1. The van der Waals surface area contributed by atoms with Gasteiger partial charge in [0.05, 0.1) is 0 Å². The molecule has 0 spiro atoms. The Morgan fingerprint density at radius 2 is 2.00 bits per heavy atom. The number of hydrogen-bond donors (Lipinski definition) is 2. The van der Waals surface area contributed by atoms with E-state index in [-0.39, 0.29) is 6.04 Å². The van der Waals surface area contributed by atoms with Crippen LogP contribution in [0.4, 0.5) is 0 Å². The molecule has 0 aromatic heterocycles. The fourth-order valence-electron chi connectivity index (χ4n) is 1.11. The van der Waals surface area contributed by atoms with Crippen molar-refractivity contribution in [1.82, 2.24) is 5.32 Å². The van der Waals surface area contributed by atoms with E-state index >= 15 is 0 Å². The third kappa shape index (κ3) is 2.03. The highest BCUT2D eigenvalue weighted by atomic mass is 14.9. The minimum atomic E-state index is 0.288. The van der Waals surface area contributed by atoms with Gasteiger partial charge in [-0.3, -0.25) is 0 Å². The van der Waals surface area contributed by atoms with Crippen molar-refractivity contribution in [2.75, 3.05) is 13.6 Å². The van der Waals surface area contributed by atoms with E-state index in [9.17, 15) is 0 Å². The quantitative estimate of drug-likeness (QED) is 0.672. The lowest BCUT2D eigenvalue weighted by Crippen LogP contribution is -2.24. The highest BCUT2D eigenvalue weighted by Gasteiger charge is 2.03. The van der Waals surface area contributed by atoms with Gasteiger partial charge < -0.3 is 11.1 Å². The summed E-state index contributed by atoms with van der Waals surface area (Å²) >= 11 is 0. The second-order valence-corrected chi connectivity index (χ2v) is 2.49. The number of hydrogen-bond acceptors (Lipinski definition) is 2. The topological polar surface area (TPSA) is 38.0 Å². The van der Waals surface area contributed by atoms with Crippen LogP contribution in [0.2, 0.25) is 0 Å². The summed E-state index contributed by atoms with van der Waals surface area (Å²) in [5, 5.41) is 3.14. The van der Waals surface area contributed by atoms with Gasteiger partial charge in [0.25, 0.3) is 0 Å². The van der Waals surface area contributed by atoms with Crippen molar-refractivity contribution >= 4 is 0 Å². The van der Waals surface area contributed by atoms with Crippen LogP contribution in [0.3, 0.4) is 0 Å². The second kappa shape index (κ2) is 4.11. The van der Waals surface area contributed by atoms with Gasteiger partial charge in [-0.05, 0) is 12.6 Å².